The average Bonchev–Trinajstić information content (AvgIpc) is 3.03. The molecule has 4 amide bonds. The summed E-state index contributed by atoms with van der Waals surface area (Å²) in [7, 11) is 0. The van der Waals surface area contributed by atoms with Crippen molar-refractivity contribution in [1.29, 1.82) is 0 Å². The van der Waals surface area contributed by atoms with Crippen LogP contribution in [0.5, 0.6) is 0 Å². The highest BCUT2D eigenvalue weighted by molar-refractivity contribution is 7.80. The predicted octanol–water partition coefficient (Wildman–Crippen LogP) is 2.38. The van der Waals surface area contributed by atoms with Crippen molar-refractivity contribution < 1.29 is 19.2 Å². The van der Waals surface area contributed by atoms with E-state index in [1.54, 1.807) is 41.3 Å². The molecule has 0 aliphatic carbocycles. The molecule has 0 radical (unpaired) electrons. The van der Waals surface area contributed by atoms with Gasteiger partial charge in [0.1, 0.15) is 0 Å². The number of carbonyl (C=O) groups excluding carboxylic acids is 4. The maximum Gasteiger partial charge on any atom is 0.261 e. The molecule has 2 aliphatic heterocycles. The van der Waals surface area contributed by atoms with E-state index in [2.05, 4.69) is 17.9 Å². The second-order valence-electron chi connectivity index (χ2n) is 7.71. The molecule has 0 aromatic heterocycles. The normalized spacial score (nSPS) is 16.4. The highest BCUT2D eigenvalue weighted by Gasteiger charge is 2.35. The van der Waals surface area contributed by atoms with E-state index in [9.17, 15) is 19.2 Å². The fourth-order valence-electron chi connectivity index (χ4n) is 4.01. The second-order valence-corrected chi connectivity index (χ2v) is 8.19. The van der Waals surface area contributed by atoms with Crippen LogP contribution in [0.4, 0.5) is 0 Å². The van der Waals surface area contributed by atoms with Crippen LogP contribution in [0.15, 0.2) is 53.4 Å². The van der Waals surface area contributed by atoms with Crippen LogP contribution in [0.2, 0.25) is 0 Å². The molecule has 7 nitrogen and oxygen atoms in total. The lowest BCUT2D eigenvalue weighted by molar-refractivity contribution is -0.122. The van der Waals surface area contributed by atoms with Gasteiger partial charge in [0.25, 0.3) is 17.7 Å². The summed E-state index contributed by atoms with van der Waals surface area (Å²) in [5, 5.41) is 2.96. The first-order valence-electron chi connectivity index (χ1n) is 10.3. The van der Waals surface area contributed by atoms with Gasteiger partial charge in [-0.3, -0.25) is 24.1 Å². The first-order chi connectivity index (χ1) is 15.0. The van der Waals surface area contributed by atoms with Crippen LogP contribution < -0.4 is 5.32 Å². The van der Waals surface area contributed by atoms with Gasteiger partial charge in [0.2, 0.25) is 5.91 Å². The third-order valence-electron chi connectivity index (χ3n) is 5.72. The predicted molar refractivity (Wildman–Crippen MR) is 117 cm³/mol. The molecule has 2 heterocycles. The van der Waals surface area contributed by atoms with E-state index in [-0.39, 0.29) is 42.6 Å². The van der Waals surface area contributed by atoms with Crippen molar-refractivity contribution in [3.8, 4) is 0 Å². The van der Waals surface area contributed by atoms with Crippen LogP contribution in [0, 0.1) is 0 Å². The molecular formula is C23H23N3O4S. The molecule has 2 aliphatic rings. The molecule has 1 fully saturated rings. The molecule has 0 spiro atoms. The van der Waals surface area contributed by atoms with Gasteiger partial charge in [-0.05, 0) is 37.1 Å². The zero-order valence-electron chi connectivity index (χ0n) is 16.9. The smallest absolute Gasteiger partial charge is 0.261 e. The minimum Gasteiger partial charge on any atom is -0.353 e. The zero-order valence-corrected chi connectivity index (χ0v) is 17.8. The summed E-state index contributed by atoms with van der Waals surface area (Å²) in [5.41, 5.74) is 1.34. The summed E-state index contributed by atoms with van der Waals surface area (Å²) in [5.74, 6) is -0.975. The number of hydrogen-bond donors (Lipinski definition) is 2. The number of nitrogens with one attached hydrogen (secondary N) is 1. The fourth-order valence-corrected chi connectivity index (χ4v) is 4.26. The van der Waals surface area contributed by atoms with Gasteiger partial charge in [-0.25, -0.2) is 0 Å². The quantitative estimate of drug-likeness (QED) is 0.556. The summed E-state index contributed by atoms with van der Waals surface area (Å²) >= 11 is 4.35. The van der Waals surface area contributed by atoms with Crippen LogP contribution in [0.1, 0.15) is 50.3 Å². The van der Waals surface area contributed by atoms with E-state index in [4.69, 9.17) is 0 Å². The van der Waals surface area contributed by atoms with Crippen molar-refractivity contribution in [2.24, 2.45) is 0 Å². The van der Waals surface area contributed by atoms with Crippen molar-refractivity contribution in [2.45, 2.75) is 30.2 Å². The number of fused-ring (bicyclic) bond motifs is 1. The standard InChI is InChI=1S/C23H23N3O4S/c27-20(11-14-26-22(29)16-5-1-2-6-17(16)23(26)30)24-15-9-12-25(13-10-15)21(28)18-7-3-4-8-19(18)31/h1-8,15,31H,9-14H2,(H,24,27). The number of nitrogens with zero attached hydrogens (tertiary/aromatic N) is 2. The van der Waals surface area contributed by atoms with Crippen molar-refractivity contribution in [1.82, 2.24) is 15.1 Å². The molecule has 4 rings (SSSR count). The molecule has 2 aromatic rings. The van der Waals surface area contributed by atoms with Crippen LogP contribution >= 0.6 is 12.6 Å². The molecule has 1 N–H and O–H groups in total. The lowest BCUT2D eigenvalue weighted by Crippen LogP contribution is -2.47. The van der Waals surface area contributed by atoms with E-state index in [0.717, 1.165) is 4.90 Å². The van der Waals surface area contributed by atoms with Gasteiger partial charge in [0.05, 0.1) is 16.7 Å². The minimum absolute atomic E-state index is 0.0371. The van der Waals surface area contributed by atoms with E-state index in [1.165, 1.54) is 0 Å². The number of likely N-dealkylation sites (tertiary alicyclic amines) is 1. The summed E-state index contributed by atoms with van der Waals surface area (Å²) in [6.45, 7) is 1.14. The zero-order chi connectivity index (χ0) is 22.0. The molecule has 0 saturated carbocycles. The van der Waals surface area contributed by atoms with Gasteiger partial charge in [-0.1, -0.05) is 24.3 Å². The van der Waals surface area contributed by atoms with Gasteiger partial charge in [-0.15, -0.1) is 12.6 Å². The van der Waals surface area contributed by atoms with Crippen LogP contribution in [0.25, 0.3) is 0 Å². The third-order valence-corrected chi connectivity index (χ3v) is 6.11. The molecule has 8 heteroatoms. The largest absolute Gasteiger partial charge is 0.353 e. The molecular weight excluding hydrogens is 414 g/mol. The Hall–Kier alpha value is -3.13. The molecule has 31 heavy (non-hydrogen) atoms. The van der Waals surface area contributed by atoms with E-state index < -0.39 is 0 Å². The molecule has 0 unspecified atom stereocenters. The second kappa shape index (κ2) is 8.93. The Morgan fingerprint density at radius 2 is 1.52 bits per heavy atom. The molecule has 160 valence electrons. The van der Waals surface area contributed by atoms with Crippen LogP contribution in [0.3, 0.4) is 0 Å². The van der Waals surface area contributed by atoms with Gasteiger partial charge >= 0.3 is 0 Å². The average molecular weight is 438 g/mol. The Morgan fingerprint density at radius 1 is 0.935 bits per heavy atom. The van der Waals surface area contributed by atoms with Crippen LogP contribution in [-0.2, 0) is 4.79 Å². The topological polar surface area (TPSA) is 86.8 Å². The number of thiol groups is 1. The Labute approximate surface area is 185 Å². The first-order valence-corrected chi connectivity index (χ1v) is 10.7. The highest BCUT2D eigenvalue weighted by Crippen LogP contribution is 2.23. The highest BCUT2D eigenvalue weighted by atomic mass is 32.1. The maximum absolute atomic E-state index is 12.7. The fraction of sp³-hybridized carbons (Fsp3) is 0.304. The number of piperidine rings is 1. The molecule has 2 aromatic carbocycles. The minimum atomic E-state index is -0.357. The monoisotopic (exact) mass is 437 g/mol. The third kappa shape index (κ3) is 4.34. The van der Waals surface area contributed by atoms with Gasteiger partial charge in [-0.2, -0.15) is 0 Å². The lowest BCUT2D eigenvalue weighted by atomic mass is 10.0. The summed E-state index contributed by atoms with van der Waals surface area (Å²) in [4.78, 5) is 53.4. The van der Waals surface area contributed by atoms with Crippen molar-refractivity contribution in [2.75, 3.05) is 19.6 Å². The number of amides is 4. The molecule has 0 bridgehead atoms. The van der Waals surface area contributed by atoms with E-state index in [1.807, 2.05) is 12.1 Å². The number of hydrogen-bond acceptors (Lipinski definition) is 5. The number of imide groups is 1. The van der Waals surface area contributed by atoms with Crippen molar-refractivity contribution in [3.05, 3.63) is 65.2 Å². The Balaban J connectivity index is 1.25. The Bertz CT molecular complexity index is 1010. The van der Waals surface area contributed by atoms with Gasteiger partial charge < -0.3 is 10.2 Å². The van der Waals surface area contributed by atoms with E-state index in [0.29, 0.717) is 47.5 Å². The Kier molecular flexibility index (Phi) is 6.08. The van der Waals surface area contributed by atoms with Crippen molar-refractivity contribution >= 4 is 36.3 Å². The number of rotatable bonds is 5. The first kappa shape index (κ1) is 21.1. The van der Waals surface area contributed by atoms with Gasteiger partial charge in [0.15, 0.2) is 0 Å². The number of carbonyl (C=O) groups is 4. The molecule has 0 atom stereocenters. The van der Waals surface area contributed by atoms with Crippen molar-refractivity contribution in [3.63, 3.8) is 0 Å². The SMILES string of the molecule is O=C(CCN1C(=O)c2ccccc2C1=O)NC1CCN(C(=O)c2ccccc2S)CC1. The van der Waals surface area contributed by atoms with E-state index >= 15 is 0 Å². The summed E-state index contributed by atoms with van der Waals surface area (Å²) in [6.07, 6.45) is 1.36. The Morgan fingerprint density at radius 3 is 2.13 bits per heavy atom. The summed E-state index contributed by atoms with van der Waals surface area (Å²) < 4.78 is 0. The van der Waals surface area contributed by atoms with Crippen LogP contribution in [-0.4, -0.2) is 59.1 Å². The number of benzene rings is 2. The maximum atomic E-state index is 12.7. The summed E-state index contributed by atoms with van der Waals surface area (Å²) in [6, 6.07) is 13.8. The van der Waals surface area contributed by atoms with Gasteiger partial charge in [0, 0.05) is 37.0 Å². The lowest BCUT2D eigenvalue weighted by Gasteiger charge is -2.32. The molecule has 1 saturated heterocycles.